The second-order valence-electron chi connectivity index (χ2n) is 5.43. The Hall–Kier alpha value is -2.25. The van der Waals surface area contributed by atoms with Gasteiger partial charge >= 0.3 is 5.97 Å². The fraction of sp³-hybridized carbons (Fsp3) is 0.250. The smallest absolute Gasteiger partial charge is 0.335 e. The summed E-state index contributed by atoms with van der Waals surface area (Å²) in [5.74, 6) is -1.11. The van der Waals surface area contributed by atoms with E-state index in [0.29, 0.717) is 18.5 Å². The Morgan fingerprint density at radius 1 is 1.22 bits per heavy atom. The Bertz CT molecular complexity index is 821. The summed E-state index contributed by atoms with van der Waals surface area (Å²) in [4.78, 5) is 15.4. The minimum absolute atomic E-state index is 0.117. The van der Waals surface area contributed by atoms with Crippen LogP contribution >= 0.6 is 0 Å². The van der Waals surface area contributed by atoms with Crippen LogP contribution in [-0.2, 0) is 10.0 Å². The highest BCUT2D eigenvalue weighted by Gasteiger charge is 2.34. The molecule has 0 radical (unpaired) electrons. The van der Waals surface area contributed by atoms with E-state index >= 15 is 0 Å². The van der Waals surface area contributed by atoms with Crippen molar-refractivity contribution in [2.24, 2.45) is 0 Å². The largest absolute Gasteiger partial charge is 0.478 e. The minimum Gasteiger partial charge on any atom is -0.478 e. The molecule has 1 aliphatic rings. The predicted octanol–water partition coefficient (Wildman–Crippen LogP) is 1.96. The van der Waals surface area contributed by atoms with E-state index in [9.17, 15) is 18.3 Å². The van der Waals surface area contributed by atoms with E-state index in [-0.39, 0.29) is 22.9 Å². The molecular formula is C16H16N2O4S. The fourth-order valence-electron chi connectivity index (χ4n) is 2.90. The summed E-state index contributed by atoms with van der Waals surface area (Å²) in [6, 6.07) is 9.86. The highest BCUT2D eigenvalue weighted by atomic mass is 32.2. The number of pyridine rings is 1. The Kier molecular flexibility index (Phi) is 4.14. The van der Waals surface area contributed by atoms with E-state index in [0.717, 1.165) is 0 Å². The van der Waals surface area contributed by atoms with Gasteiger partial charge in [0.1, 0.15) is 4.90 Å². The molecule has 1 aromatic carbocycles. The quantitative estimate of drug-likeness (QED) is 0.925. The van der Waals surface area contributed by atoms with Crippen LogP contribution in [0.3, 0.4) is 0 Å². The van der Waals surface area contributed by atoms with Gasteiger partial charge in [0, 0.05) is 25.5 Å². The molecule has 1 atom stereocenters. The number of hydrogen-bond acceptors (Lipinski definition) is 4. The lowest BCUT2D eigenvalue weighted by molar-refractivity contribution is 0.0695. The number of benzene rings is 1. The van der Waals surface area contributed by atoms with Crippen molar-refractivity contribution in [1.82, 2.24) is 9.29 Å². The van der Waals surface area contributed by atoms with Gasteiger partial charge in [0.2, 0.25) is 10.0 Å². The molecule has 0 bridgehead atoms. The monoisotopic (exact) mass is 332 g/mol. The van der Waals surface area contributed by atoms with Gasteiger partial charge in [0.05, 0.1) is 5.56 Å². The van der Waals surface area contributed by atoms with Gasteiger partial charge in [-0.1, -0.05) is 18.2 Å². The van der Waals surface area contributed by atoms with Crippen molar-refractivity contribution in [3.63, 3.8) is 0 Å². The van der Waals surface area contributed by atoms with Crippen LogP contribution in [0.25, 0.3) is 0 Å². The first kappa shape index (κ1) is 15.6. The number of carboxylic acid groups (broad SMARTS) is 1. The third kappa shape index (κ3) is 2.97. The summed E-state index contributed by atoms with van der Waals surface area (Å²) in [6.45, 7) is 0.650. The van der Waals surface area contributed by atoms with Crippen LogP contribution in [0, 0.1) is 0 Å². The molecule has 6 nitrogen and oxygen atoms in total. The third-order valence-electron chi connectivity index (χ3n) is 4.05. The minimum atomic E-state index is -3.59. The summed E-state index contributed by atoms with van der Waals surface area (Å²) in [6.07, 6.45) is 3.45. The standard InChI is InChI=1S/C16H16N2O4S/c19-16(20)15-6-2-1-5-14(15)12-7-9-18(11-12)23(21,22)13-4-3-8-17-10-13/h1-6,8,10,12H,7,9,11H2,(H,19,20). The Labute approximate surface area is 134 Å². The predicted molar refractivity (Wildman–Crippen MR) is 83.8 cm³/mol. The molecule has 1 fully saturated rings. The Morgan fingerprint density at radius 2 is 2.00 bits per heavy atom. The number of aromatic nitrogens is 1. The molecule has 1 aliphatic heterocycles. The second kappa shape index (κ2) is 6.10. The zero-order valence-electron chi connectivity index (χ0n) is 12.3. The van der Waals surface area contributed by atoms with Crippen molar-refractivity contribution in [1.29, 1.82) is 0 Å². The zero-order valence-corrected chi connectivity index (χ0v) is 13.1. The third-order valence-corrected chi connectivity index (χ3v) is 5.90. The van der Waals surface area contributed by atoms with Crippen LogP contribution in [0.4, 0.5) is 0 Å². The molecule has 0 spiro atoms. The second-order valence-corrected chi connectivity index (χ2v) is 7.37. The fourth-order valence-corrected chi connectivity index (χ4v) is 4.36. The number of hydrogen-bond donors (Lipinski definition) is 1. The van der Waals surface area contributed by atoms with Gasteiger partial charge in [-0.15, -0.1) is 0 Å². The molecule has 0 aliphatic carbocycles. The molecule has 1 N–H and O–H groups in total. The molecule has 120 valence electrons. The van der Waals surface area contributed by atoms with Gasteiger partial charge in [-0.05, 0) is 36.1 Å². The van der Waals surface area contributed by atoms with Crippen molar-refractivity contribution in [2.75, 3.05) is 13.1 Å². The summed E-state index contributed by atoms with van der Waals surface area (Å²) >= 11 is 0. The van der Waals surface area contributed by atoms with E-state index in [4.69, 9.17) is 0 Å². The SMILES string of the molecule is O=C(O)c1ccccc1C1CCN(S(=O)(=O)c2cccnc2)C1. The lowest BCUT2D eigenvalue weighted by atomic mass is 9.93. The Morgan fingerprint density at radius 3 is 2.70 bits per heavy atom. The summed E-state index contributed by atoms with van der Waals surface area (Å²) in [5.41, 5.74) is 0.919. The van der Waals surface area contributed by atoms with Crippen LogP contribution in [0.15, 0.2) is 53.7 Å². The van der Waals surface area contributed by atoms with Crippen molar-refractivity contribution in [3.05, 3.63) is 59.9 Å². The highest BCUT2D eigenvalue weighted by molar-refractivity contribution is 7.89. The number of aromatic carboxylic acids is 1. The van der Waals surface area contributed by atoms with E-state index < -0.39 is 16.0 Å². The van der Waals surface area contributed by atoms with E-state index in [2.05, 4.69) is 4.98 Å². The van der Waals surface area contributed by atoms with Crippen LogP contribution in [0.5, 0.6) is 0 Å². The first-order valence-electron chi connectivity index (χ1n) is 7.22. The maximum atomic E-state index is 12.6. The Balaban J connectivity index is 1.86. The lowest BCUT2D eigenvalue weighted by Gasteiger charge is -2.17. The van der Waals surface area contributed by atoms with Crippen LogP contribution in [0.2, 0.25) is 0 Å². The molecule has 2 aromatic rings. The van der Waals surface area contributed by atoms with Gasteiger partial charge in [0.15, 0.2) is 0 Å². The average molecular weight is 332 g/mol. The van der Waals surface area contributed by atoms with Crippen molar-refractivity contribution < 1.29 is 18.3 Å². The van der Waals surface area contributed by atoms with Crippen LogP contribution in [-0.4, -0.2) is 41.9 Å². The number of nitrogens with zero attached hydrogens (tertiary/aromatic N) is 2. The van der Waals surface area contributed by atoms with Gasteiger partial charge in [-0.25, -0.2) is 13.2 Å². The molecular weight excluding hydrogens is 316 g/mol. The summed E-state index contributed by atoms with van der Waals surface area (Å²) in [5, 5.41) is 9.29. The number of carbonyl (C=O) groups is 1. The zero-order chi connectivity index (χ0) is 16.4. The molecule has 1 unspecified atom stereocenters. The molecule has 3 rings (SSSR count). The number of sulfonamides is 1. The van der Waals surface area contributed by atoms with Gasteiger partial charge in [-0.3, -0.25) is 4.98 Å². The first-order valence-corrected chi connectivity index (χ1v) is 8.66. The van der Waals surface area contributed by atoms with E-state index in [1.807, 2.05) is 0 Å². The van der Waals surface area contributed by atoms with Crippen molar-refractivity contribution in [2.45, 2.75) is 17.2 Å². The van der Waals surface area contributed by atoms with E-state index in [1.54, 1.807) is 30.3 Å². The van der Waals surface area contributed by atoms with Gasteiger partial charge in [0.25, 0.3) is 0 Å². The maximum absolute atomic E-state index is 12.6. The normalized spacial score (nSPS) is 18.9. The first-order chi connectivity index (χ1) is 11.0. The summed E-state index contributed by atoms with van der Waals surface area (Å²) in [7, 11) is -3.59. The number of carboxylic acids is 1. The molecule has 7 heteroatoms. The molecule has 23 heavy (non-hydrogen) atoms. The maximum Gasteiger partial charge on any atom is 0.335 e. The van der Waals surface area contributed by atoms with Gasteiger partial charge in [-0.2, -0.15) is 4.31 Å². The van der Waals surface area contributed by atoms with Gasteiger partial charge < -0.3 is 5.11 Å². The molecule has 2 heterocycles. The highest BCUT2D eigenvalue weighted by Crippen LogP contribution is 2.32. The summed E-state index contributed by atoms with van der Waals surface area (Å²) < 4.78 is 26.6. The van der Waals surface area contributed by atoms with Crippen LogP contribution < -0.4 is 0 Å². The molecule has 0 saturated carbocycles. The number of rotatable bonds is 4. The van der Waals surface area contributed by atoms with Crippen LogP contribution in [0.1, 0.15) is 28.3 Å². The average Bonchev–Trinajstić information content (AvgIpc) is 3.06. The lowest BCUT2D eigenvalue weighted by Crippen LogP contribution is -2.28. The van der Waals surface area contributed by atoms with E-state index in [1.165, 1.54) is 22.8 Å². The molecule has 1 saturated heterocycles. The topological polar surface area (TPSA) is 87.6 Å². The van der Waals surface area contributed by atoms with Crippen molar-refractivity contribution in [3.8, 4) is 0 Å². The molecule has 0 amide bonds. The van der Waals surface area contributed by atoms with Crippen molar-refractivity contribution >= 4 is 16.0 Å². The molecule has 1 aromatic heterocycles.